The maximum Gasteiger partial charge on any atom is 0.0461 e. The Bertz CT molecular complexity index is 1270. The Morgan fingerprint density at radius 2 is 1.06 bits per heavy atom. The van der Waals surface area contributed by atoms with Gasteiger partial charge in [-0.25, -0.2) is 0 Å². The molecule has 1 unspecified atom stereocenters. The molecule has 5 rings (SSSR count). The molecule has 0 heterocycles. The first-order chi connectivity index (χ1) is 16.7. The van der Waals surface area contributed by atoms with E-state index in [1.807, 2.05) is 6.07 Å². The highest BCUT2D eigenvalue weighted by Crippen LogP contribution is 2.34. The fourth-order valence-electron chi connectivity index (χ4n) is 4.47. The highest BCUT2D eigenvalue weighted by molar-refractivity contribution is 5.75. The number of benzene rings is 4. The van der Waals surface area contributed by atoms with Gasteiger partial charge < -0.3 is 9.80 Å². The second kappa shape index (κ2) is 9.84. The van der Waals surface area contributed by atoms with Crippen molar-refractivity contribution in [3.8, 4) is 11.1 Å². The summed E-state index contributed by atoms with van der Waals surface area (Å²) in [6.07, 6.45) is 7.98. The molecule has 0 saturated carbocycles. The molecule has 1 aliphatic carbocycles. The number of hydrogen-bond acceptors (Lipinski definition) is 2. The molecule has 4 aromatic carbocycles. The van der Waals surface area contributed by atoms with Crippen LogP contribution in [0.2, 0.25) is 0 Å². The first kappa shape index (κ1) is 21.8. The molecule has 0 saturated heterocycles. The van der Waals surface area contributed by atoms with Crippen LogP contribution >= 0.6 is 0 Å². The van der Waals surface area contributed by atoms with Crippen LogP contribution in [0.3, 0.4) is 0 Å². The summed E-state index contributed by atoms with van der Waals surface area (Å²) in [4.78, 5) is 4.55. The van der Waals surface area contributed by atoms with Crippen LogP contribution in [0.4, 0.5) is 22.7 Å². The monoisotopic (exact) mass is 442 g/mol. The van der Waals surface area contributed by atoms with Gasteiger partial charge in [-0.05, 0) is 78.1 Å². The van der Waals surface area contributed by atoms with E-state index >= 15 is 0 Å². The molecular formula is C32H30N2. The van der Waals surface area contributed by atoms with E-state index in [4.69, 9.17) is 0 Å². The van der Waals surface area contributed by atoms with Crippen molar-refractivity contribution in [2.45, 2.75) is 13.3 Å². The van der Waals surface area contributed by atoms with Crippen LogP contribution in [0.1, 0.15) is 13.3 Å². The third-order valence-corrected chi connectivity index (χ3v) is 6.38. The molecule has 0 radical (unpaired) electrons. The van der Waals surface area contributed by atoms with Gasteiger partial charge in [-0.1, -0.05) is 79.7 Å². The van der Waals surface area contributed by atoms with Gasteiger partial charge in [0.1, 0.15) is 0 Å². The summed E-state index contributed by atoms with van der Waals surface area (Å²) in [5.74, 6) is 0.540. The number of para-hydroxylation sites is 2. The summed E-state index contributed by atoms with van der Waals surface area (Å²) < 4.78 is 0. The Balaban J connectivity index is 1.41. The number of anilines is 4. The molecule has 168 valence electrons. The third kappa shape index (κ3) is 4.67. The van der Waals surface area contributed by atoms with Gasteiger partial charge in [-0.2, -0.15) is 0 Å². The van der Waals surface area contributed by atoms with E-state index in [0.717, 1.165) is 6.42 Å². The second-order valence-corrected chi connectivity index (χ2v) is 8.87. The lowest BCUT2D eigenvalue weighted by molar-refractivity contribution is 0.726. The van der Waals surface area contributed by atoms with E-state index in [2.05, 4.69) is 145 Å². The maximum absolute atomic E-state index is 2.36. The molecule has 0 N–H and O–H groups in total. The Labute approximate surface area is 203 Å². The fourth-order valence-corrected chi connectivity index (χ4v) is 4.47. The largest absolute Gasteiger partial charge is 0.345 e. The number of rotatable bonds is 6. The summed E-state index contributed by atoms with van der Waals surface area (Å²) in [5, 5.41) is 0. The Morgan fingerprint density at radius 1 is 0.588 bits per heavy atom. The molecule has 0 spiro atoms. The van der Waals surface area contributed by atoms with Crippen molar-refractivity contribution in [1.82, 2.24) is 0 Å². The first-order valence-corrected chi connectivity index (χ1v) is 11.9. The standard InChI is InChI=1S/C32H30N2/c1-25-10-9-15-32(24-25)34(30-13-7-4-8-14-30)31-22-18-27(19-23-31)26-16-20-29(21-17-26)33(2)28-11-5-3-6-12-28/h3-9,11-25H,10H2,1-2H3. The number of hydrogen-bond donors (Lipinski definition) is 0. The molecule has 0 amide bonds. The van der Waals surface area contributed by atoms with Crippen molar-refractivity contribution < 1.29 is 0 Å². The van der Waals surface area contributed by atoms with Crippen molar-refractivity contribution in [2.24, 2.45) is 5.92 Å². The normalized spacial score (nSPS) is 15.0. The van der Waals surface area contributed by atoms with Gasteiger partial charge >= 0.3 is 0 Å². The van der Waals surface area contributed by atoms with E-state index < -0.39 is 0 Å². The van der Waals surface area contributed by atoms with Crippen molar-refractivity contribution in [3.05, 3.63) is 133 Å². The fraction of sp³-hybridized carbons (Fsp3) is 0.125. The molecular weight excluding hydrogens is 412 g/mol. The van der Waals surface area contributed by atoms with Gasteiger partial charge in [0, 0.05) is 35.5 Å². The van der Waals surface area contributed by atoms with Crippen molar-refractivity contribution in [3.63, 3.8) is 0 Å². The van der Waals surface area contributed by atoms with Gasteiger partial charge in [-0.15, -0.1) is 0 Å². The zero-order valence-corrected chi connectivity index (χ0v) is 19.8. The van der Waals surface area contributed by atoms with Crippen molar-refractivity contribution in [1.29, 1.82) is 0 Å². The van der Waals surface area contributed by atoms with E-state index in [1.54, 1.807) is 0 Å². The predicted octanol–water partition coefficient (Wildman–Crippen LogP) is 8.74. The van der Waals surface area contributed by atoms with E-state index in [0.29, 0.717) is 5.92 Å². The predicted molar refractivity (Wildman–Crippen MR) is 146 cm³/mol. The lowest BCUT2D eigenvalue weighted by Crippen LogP contribution is -2.17. The van der Waals surface area contributed by atoms with Gasteiger partial charge in [0.05, 0.1) is 0 Å². The molecule has 2 heteroatoms. The Hall–Kier alpha value is -4.04. The summed E-state index contributed by atoms with van der Waals surface area (Å²) in [7, 11) is 2.10. The summed E-state index contributed by atoms with van der Waals surface area (Å²) in [6, 6.07) is 38.7. The minimum atomic E-state index is 0.540. The Kier molecular flexibility index (Phi) is 6.31. The minimum absolute atomic E-state index is 0.540. The lowest BCUT2D eigenvalue weighted by atomic mass is 9.99. The first-order valence-electron chi connectivity index (χ1n) is 11.9. The average molecular weight is 443 g/mol. The molecule has 2 nitrogen and oxygen atoms in total. The summed E-state index contributed by atoms with van der Waals surface area (Å²) >= 11 is 0. The smallest absolute Gasteiger partial charge is 0.0461 e. The van der Waals surface area contributed by atoms with E-state index in [-0.39, 0.29) is 0 Å². The molecule has 34 heavy (non-hydrogen) atoms. The van der Waals surface area contributed by atoms with Crippen LogP contribution in [0, 0.1) is 5.92 Å². The van der Waals surface area contributed by atoms with Crippen LogP contribution in [0.25, 0.3) is 11.1 Å². The number of allylic oxidation sites excluding steroid dienone is 3. The molecule has 0 aromatic heterocycles. The topological polar surface area (TPSA) is 6.48 Å². The van der Waals surface area contributed by atoms with Crippen LogP contribution < -0.4 is 9.80 Å². The molecule has 0 aliphatic heterocycles. The van der Waals surface area contributed by atoms with Gasteiger partial charge in [0.2, 0.25) is 0 Å². The minimum Gasteiger partial charge on any atom is -0.345 e. The molecule has 0 fully saturated rings. The van der Waals surface area contributed by atoms with Crippen LogP contribution in [-0.2, 0) is 0 Å². The third-order valence-electron chi connectivity index (χ3n) is 6.38. The average Bonchev–Trinajstić information content (AvgIpc) is 2.90. The SMILES string of the molecule is CC1C=C(N(c2ccccc2)c2ccc(-c3ccc(N(C)c4ccccc4)cc3)cc2)C=CC1. The van der Waals surface area contributed by atoms with Crippen molar-refractivity contribution >= 4 is 22.7 Å². The van der Waals surface area contributed by atoms with E-state index in [9.17, 15) is 0 Å². The zero-order valence-electron chi connectivity index (χ0n) is 19.8. The second-order valence-electron chi connectivity index (χ2n) is 8.87. The molecule has 1 aliphatic rings. The van der Waals surface area contributed by atoms with Gasteiger partial charge in [0.25, 0.3) is 0 Å². The van der Waals surface area contributed by atoms with Gasteiger partial charge in [-0.3, -0.25) is 0 Å². The number of nitrogens with zero attached hydrogens (tertiary/aromatic N) is 2. The van der Waals surface area contributed by atoms with Crippen LogP contribution in [0.15, 0.2) is 133 Å². The summed E-state index contributed by atoms with van der Waals surface area (Å²) in [5.41, 5.74) is 8.36. The molecule has 4 aromatic rings. The maximum atomic E-state index is 2.36. The lowest BCUT2D eigenvalue weighted by Gasteiger charge is -2.29. The summed E-state index contributed by atoms with van der Waals surface area (Å²) in [6.45, 7) is 2.27. The highest BCUT2D eigenvalue weighted by Gasteiger charge is 2.16. The molecule has 1 atom stereocenters. The quantitative estimate of drug-likeness (QED) is 0.294. The van der Waals surface area contributed by atoms with Crippen LogP contribution in [0.5, 0.6) is 0 Å². The van der Waals surface area contributed by atoms with Crippen molar-refractivity contribution in [2.75, 3.05) is 16.8 Å². The highest BCUT2D eigenvalue weighted by atomic mass is 15.1. The van der Waals surface area contributed by atoms with Crippen LogP contribution in [-0.4, -0.2) is 7.05 Å². The Morgan fingerprint density at radius 3 is 1.62 bits per heavy atom. The van der Waals surface area contributed by atoms with E-state index in [1.165, 1.54) is 39.6 Å². The zero-order chi connectivity index (χ0) is 23.3. The van der Waals surface area contributed by atoms with Gasteiger partial charge in [0.15, 0.2) is 0 Å². The molecule has 0 bridgehead atoms.